The average molecular weight is 393 g/mol. The van der Waals surface area contributed by atoms with Gasteiger partial charge in [0.05, 0.1) is 0 Å². The van der Waals surface area contributed by atoms with E-state index in [9.17, 15) is 9.18 Å². The van der Waals surface area contributed by atoms with Crippen LogP contribution in [0.1, 0.15) is 16.1 Å². The van der Waals surface area contributed by atoms with E-state index >= 15 is 0 Å². The zero-order chi connectivity index (χ0) is 20.1. The Bertz CT molecular complexity index is 1030. The molecule has 0 radical (unpaired) electrons. The summed E-state index contributed by atoms with van der Waals surface area (Å²) in [6.07, 6.45) is 2.10. The lowest BCUT2D eigenvalue weighted by Crippen LogP contribution is -2.17. The summed E-state index contributed by atoms with van der Waals surface area (Å²) in [6.45, 7) is 1.53. The quantitative estimate of drug-likeness (QED) is 0.665. The van der Waals surface area contributed by atoms with Crippen molar-refractivity contribution in [2.75, 3.05) is 30.4 Å². The molecule has 0 atom stereocenters. The number of hydrogen-bond donors (Lipinski definition) is 2. The van der Waals surface area contributed by atoms with E-state index in [1.807, 2.05) is 6.07 Å². The molecule has 3 aromatic rings. The van der Waals surface area contributed by atoms with Crippen LogP contribution in [0.25, 0.3) is 0 Å². The Labute approximate surface area is 167 Å². The van der Waals surface area contributed by atoms with Gasteiger partial charge in [0.25, 0.3) is 5.91 Å². The predicted molar refractivity (Wildman–Crippen MR) is 108 cm³/mol. The molecule has 148 valence electrons. The number of halogens is 1. The topological polar surface area (TPSA) is 72.5 Å². The molecule has 0 fully saturated rings. The minimum absolute atomic E-state index is 0.219. The summed E-state index contributed by atoms with van der Waals surface area (Å²) in [5, 5.41) is 6.01. The molecule has 1 aliphatic rings. The molecule has 1 aliphatic heterocycles. The number of fused-ring (bicyclic) bond motifs is 1. The lowest BCUT2D eigenvalue weighted by molar-refractivity contribution is 0.102. The number of ether oxygens (including phenoxy) is 2. The van der Waals surface area contributed by atoms with Gasteiger partial charge in [0.2, 0.25) is 0 Å². The third kappa shape index (κ3) is 4.63. The molecule has 2 aromatic carbocycles. The second kappa shape index (κ2) is 8.60. The molecule has 0 saturated carbocycles. The van der Waals surface area contributed by atoms with Crippen LogP contribution in [0.2, 0.25) is 0 Å². The molecule has 0 bridgehead atoms. The fraction of sp³-hybridized carbons (Fsp3) is 0.182. The van der Waals surface area contributed by atoms with E-state index in [1.54, 1.807) is 48.7 Å². The number of nitrogens with one attached hydrogen (secondary N) is 2. The monoisotopic (exact) mass is 393 g/mol. The van der Waals surface area contributed by atoms with Crippen molar-refractivity contribution < 1.29 is 18.7 Å². The van der Waals surface area contributed by atoms with Gasteiger partial charge >= 0.3 is 0 Å². The number of hydrogen-bond acceptors (Lipinski definition) is 5. The Morgan fingerprint density at radius 2 is 1.83 bits per heavy atom. The molecule has 29 heavy (non-hydrogen) atoms. The SMILES string of the molecule is O=C(Nc1ccc2c(c1)OCCO2)c1cc(NCCc2ccccc2F)ccn1. The first kappa shape index (κ1) is 18.7. The standard InChI is InChI=1S/C22H20FN3O3/c23-18-4-2-1-3-15(18)7-9-24-16-8-10-25-19(13-16)22(27)26-17-5-6-20-21(14-17)29-12-11-28-20/h1-6,8,10,13-14H,7,9,11-12H2,(H,24,25)(H,26,27). The van der Waals surface area contributed by atoms with Crippen LogP contribution in [0.15, 0.2) is 60.8 Å². The summed E-state index contributed by atoms with van der Waals surface area (Å²) in [6, 6.07) is 15.4. The van der Waals surface area contributed by atoms with E-state index in [2.05, 4.69) is 15.6 Å². The lowest BCUT2D eigenvalue weighted by Gasteiger charge is -2.19. The van der Waals surface area contributed by atoms with Crippen molar-refractivity contribution in [1.82, 2.24) is 4.98 Å². The van der Waals surface area contributed by atoms with E-state index in [0.29, 0.717) is 48.9 Å². The predicted octanol–water partition coefficient (Wildman–Crippen LogP) is 3.90. The minimum Gasteiger partial charge on any atom is -0.486 e. The van der Waals surface area contributed by atoms with Gasteiger partial charge in [-0.1, -0.05) is 18.2 Å². The molecule has 0 saturated heterocycles. The summed E-state index contributed by atoms with van der Waals surface area (Å²) in [5.41, 5.74) is 2.25. The van der Waals surface area contributed by atoms with Gasteiger partial charge in [-0.15, -0.1) is 0 Å². The number of pyridine rings is 1. The Morgan fingerprint density at radius 1 is 1.00 bits per heavy atom. The fourth-order valence-corrected chi connectivity index (χ4v) is 3.02. The summed E-state index contributed by atoms with van der Waals surface area (Å²) < 4.78 is 24.7. The number of rotatable bonds is 6. The molecular weight excluding hydrogens is 373 g/mol. The van der Waals surface area contributed by atoms with Crippen LogP contribution < -0.4 is 20.1 Å². The number of aromatic nitrogens is 1. The van der Waals surface area contributed by atoms with Gasteiger partial charge in [0.15, 0.2) is 11.5 Å². The number of amides is 1. The number of carbonyl (C=O) groups is 1. The van der Waals surface area contributed by atoms with Crippen molar-refractivity contribution in [3.63, 3.8) is 0 Å². The van der Waals surface area contributed by atoms with Crippen LogP contribution in [-0.2, 0) is 6.42 Å². The average Bonchev–Trinajstić information content (AvgIpc) is 2.75. The van der Waals surface area contributed by atoms with Gasteiger partial charge < -0.3 is 20.1 Å². The van der Waals surface area contributed by atoms with Gasteiger partial charge in [0, 0.05) is 30.2 Å². The van der Waals surface area contributed by atoms with Crippen LogP contribution in [0, 0.1) is 5.82 Å². The minimum atomic E-state index is -0.334. The van der Waals surface area contributed by atoms with Gasteiger partial charge in [-0.05, 0) is 42.3 Å². The van der Waals surface area contributed by atoms with Crippen molar-refractivity contribution >= 4 is 17.3 Å². The molecule has 0 aliphatic carbocycles. The van der Waals surface area contributed by atoms with Crippen LogP contribution in [-0.4, -0.2) is 30.6 Å². The van der Waals surface area contributed by atoms with E-state index in [-0.39, 0.29) is 17.4 Å². The van der Waals surface area contributed by atoms with E-state index in [4.69, 9.17) is 9.47 Å². The van der Waals surface area contributed by atoms with Gasteiger partial charge in [-0.2, -0.15) is 0 Å². The van der Waals surface area contributed by atoms with Crippen molar-refractivity contribution in [2.24, 2.45) is 0 Å². The largest absolute Gasteiger partial charge is 0.486 e. The third-order valence-corrected chi connectivity index (χ3v) is 4.47. The molecule has 6 nitrogen and oxygen atoms in total. The second-order valence-corrected chi connectivity index (χ2v) is 6.51. The fourth-order valence-electron chi connectivity index (χ4n) is 3.02. The molecule has 2 N–H and O–H groups in total. The van der Waals surface area contributed by atoms with E-state index < -0.39 is 0 Å². The van der Waals surface area contributed by atoms with Crippen LogP contribution in [0.4, 0.5) is 15.8 Å². The van der Waals surface area contributed by atoms with Crippen molar-refractivity contribution in [1.29, 1.82) is 0 Å². The first-order chi connectivity index (χ1) is 14.2. The molecule has 1 amide bonds. The van der Waals surface area contributed by atoms with Crippen molar-refractivity contribution in [3.05, 3.63) is 77.9 Å². The highest BCUT2D eigenvalue weighted by atomic mass is 19.1. The van der Waals surface area contributed by atoms with Crippen LogP contribution in [0.5, 0.6) is 11.5 Å². The zero-order valence-corrected chi connectivity index (χ0v) is 15.7. The summed E-state index contributed by atoms with van der Waals surface area (Å²) in [5.74, 6) is 0.710. The maximum absolute atomic E-state index is 13.7. The first-order valence-corrected chi connectivity index (χ1v) is 9.33. The van der Waals surface area contributed by atoms with Gasteiger partial charge in [-0.3, -0.25) is 9.78 Å². The molecule has 0 spiro atoms. The molecular formula is C22H20FN3O3. The van der Waals surface area contributed by atoms with Crippen molar-refractivity contribution in [2.45, 2.75) is 6.42 Å². The Kier molecular flexibility index (Phi) is 5.56. The number of nitrogens with zero attached hydrogens (tertiary/aromatic N) is 1. The van der Waals surface area contributed by atoms with Gasteiger partial charge in [0.1, 0.15) is 24.7 Å². The highest BCUT2D eigenvalue weighted by molar-refractivity contribution is 6.03. The molecule has 7 heteroatoms. The van der Waals surface area contributed by atoms with E-state index in [0.717, 1.165) is 5.69 Å². The van der Waals surface area contributed by atoms with Crippen LogP contribution >= 0.6 is 0 Å². The normalized spacial score (nSPS) is 12.3. The summed E-state index contributed by atoms with van der Waals surface area (Å²) in [7, 11) is 0. The maximum Gasteiger partial charge on any atom is 0.274 e. The number of carbonyl (C=O) groups excluding carboxylic acids is 1. The molecule has 1 aromatic heterocycles. The Morgan fingerprint density at radius 3 is 2.69 bits per heavy atom. The second-order valence-electron chi connectivity index (χ2n) is 6.51. The zero-order valence-electron chi connectivity index (χ0n) is 15.7. The smallest absolute Gasteiger partial charge is 0.274 e. The summed E-state index contributed by atoms with van der Waals surface area (Å²) >= 11 is 0. The summed E-state index contributed by atoms with van der Waals surface area (Å²) in [4.78, 5) is 16.7. The van der Waals surface area contributed by atoms with Crippen molar-refractivity contribution in [3.8, 4) is 11.5 Å². The number of benzene rings is 2. The molecule has 0 unspecified atom stereocenters. The molecule has 2 heterocycles. The highest BCUT2D eigenvalue weighted by Crippen LogP contribution is 2.32. The number of anilines is 2. The highest BCUT2D eigenvalue weighted by Gasteiger charge is 2.14. The lowest BCUT2D eigenvalue weighted by atomic mass is 10.1. The Hall–Kier alpha value is -3.61. The van der Waals surface area contributed by atoms with Crippen LogP contribution in [0.3, 0.4) is 0 Å². The van der Waals surface area contributed by atoms with Gasteiger partial charge in [-0.25, -0.2) is 4.39 Å². The third-order valence-electron chi connectivity index (χ3n) is 4.47. The van der Waals surface area contributed by atoms with E-state index in [1.165, 1.54) is 6.07 Å². The maximum atomic E-state index is 13.7. The molecule has 4 rings (SSSR count). The first-order valence-electron chi connectivity index (χ1n) is 9.33. The Balaban J connectivity index is 1.37.